The van der Waals surface area contributed by atoms with Gasteiger partial charge in [-0.3, -0.25) is 4.57 Å². The number of anilines is 1. The molecule has 0 radical (unpaired) electrons. The average molecular weight is 496 g/mol. The van der Waals surface area contributed by atoms with Crippen molar-refractivity contribution >= 4 is 13.2 Å². The topological polar surface area (TPSA) is 84.9 Å². The number of hydrogen-bond donors (Lipinski definition) is 0. The van der Waals surface area contributed by atoms with Crippen LogP contribution in [0.4, 0.5) is 5.69 Å². The largest absolute Gasteiger partial charge is 0.487 e. The van der Waals surface area contributed by atoms with Gasteiger partial charge in [-0.15, -0.1) is 0 Å². The Hall–Kier alpha value is -2.45. The molecule has 0 N–H and O–H groups in total. The standard InChI is InChI=1S/C24H34NO8P/c1-4-33-34(3,26)25(2)20-9-10-23-24(19-20)32-18-14-28-12-16-30-22-8-6-5-7-21(22)29-15-11-27-13-17-31-23/h5-10,19H,4,11-18H2,1-3H3. The molecule has 1 atom stereocenters. The Balaban J connectivity index is 1.66. The molecule has 0 aromatic heterocycles. The van der Waals surface area contributed by atoms with Crippen LogP contribution in [0.5, 0.6) is 23.0 Å². The molecule has 1 aliphatic rings. The van der Waals surface area contributed by atoms with Gasteiger partial charge in [-0.25, -0.2) is 0 Å². The van der Waals surface area contributed by atoms with Crippen molar-refractivity contribution in [1.82, 2.24) is 0 Å². The molecule has 3 rings (SSSR count). The second kappa shape index (κ2) is 13.4. The van der Waals surface area contributed by atoms with Gasteiger partial charge in [0.1, 0.15) is 26.4 Å². The van der Waals surface area contributed by atoms with Crippen LogP contribution in [-0.2, 0) is 18.6 Å². The molecule has 9 nitrogen and oxygen atoms in total. The zero-order valence-electron chi connectivity index (χ0n) is 20.1. The normalized spacial score (nSPS) is 17.6. The minimum absolute atomic E-state index is 0.314. The number of para-hydroxylation sites is 2. The van der Waals surface area contributed by atoms with Crippen LogP contribution in [0.25, 0.3) is 0 Å². The van der Waals surface area contributed by atoms with Crippen LogP contribution < -0.4 is 23.6 Å². The van der Waals surface area contributed by atoms with E-state index in [9.17, 15) is 4.57 Å². The maximum Gasteiger partial charge on any atom is 0.293 e. The van der Waals surface area contributed by atoms with Gasteiger partial charge in [0, 0.05) is 25.5 Å². The Morgan fingerprint density at radius 1 is 0.765 bits per heavy atom. The summed E-state index contributed by atoms with van der Waals surface area (Å²) in [6.07, 6.45) is 0. The van der Waals surface area contributed by atoms with Crippen LogP contribution in [0.3, 0.4) is 0 Å². The summed E-state index contributed by atoms with van der Waals surface area (Å²) < 4.78 is 54.6. The Morgan fingerprint density at radius 2 is 1.24 bits per heavy atom. The number of benzene rings is 2. The smallest absolute Gasteiger partial charge is 0.293 e. The molecule has 188 valence electrons. The summed E-state index contributed by atoms with van der Waals surface area (Å²) in [5.41, 5.74) is 0.699. The van der Waals surface area contributed by atoms with Gasteiger partial charge in [0.05, 0.1) is 33.0 Å². The lowest BCUT2D eigenvalue weighted by molar-refractivity contribution is 0.0640. The minimum atomic E-state index is -2.97. The van der Waals surface area contributed by atoms with Gasteiger partial charge in [0.15, 0.2) is 23.0 Å². The molecule has 2 aromatic rings. The lowest BCUT2D eigenvalue weighted by Gasteiger charge is -2.27. The predicted octanol–water partition coefficient (Wildman–Crippen LogP) is 4.24. The van der Waals surface area contributed by atoms with Gasteiger partial charge >= 0.3 is 0 Å². The highest BCUT2D eigenvalue weighted by molar-refractivity contribution is 7.59. The Bertz CT molecular complexity index is 941. The molecule has 0 fully saturated rings. The van der Waals surface area contributed by atoms with Crippen molar-refractivity contribution in [1.29, 1.82) is 0 Å². The van der Waals surface area contributed by atoms with Gasteiger partial charge in [-0.05, 0) is 31.2 Å². The van der Waals surface area contributed by atoms with Crippen LogP contribution in [-0.4, -0.2) is 73.2 Å². The number of nitrogens with zero attached hydrogens (tertiary/aromatic N) is 1. The first-order valence-corrected chi connectivity index (χ1v) is 13.4. The molecular weight excluding hydrogens is 461 g/mol. The molecule has 34 heavy (non-hydrogen) atoms. The summed E-state index contributed by atoms with van der Waals surface area (Å²) in [6.45, 7) is 6.77. The molecule has 0 aliphatic carbocycles. The van der Waals surface area contributed by atoms with Crippen molar-refractivity contribution in [2.24, 2.45) is 0 Å². The third kappa shape index (κ3) is 7.81. The molecule has 0 spiro atoms. The van der Waals surface area contributed by atoms with Crippen LogP contribution in [0.15, 0.2) is 42.5 Å². The second-order valence-corrected chi connectivity index (χ2v) is 9.90. The van der Waals surface area contributed by atoms with Gasteiger partial charge < -0.3 is 37.6 Å². The van der Waals surface area contributed by atoms with Crippen LogP contribution in [0.1, 0.15) is 6.92 Å². The quantitative estimate of drug-likeness (QED) is 0.578. The van der Waals surface area contributed by atoms with Gasteiger partial charge in [0.25, 0.3) is 7.52 Å². The number of hydrogen-bond acceptors (Lipinski definition) is 8. The zero-order valence-corrected chi connectivity index (χ0v) is 21.0. The number of rotatable bonds is 4. The molecule has 1 aliphatic heterocycles. The molecule has 0 amide bonds. The summed E-state index contributed by atoms with van der Waals surface area (Å²) in [6, 6.07) is 12.9. The maximum atomic E-state index is 12.8. The first-order valence-electron chi connectivity index (χ1n) is 11.4. The van der Waals surface area contributed by atoms with Gasteiger partial charge in [0.2, 0.25) is 0 Å². The highest BCUT2D eigenvalue weighted by Gasteiger charge is 2.23. The Morgan fingerprint density at radius 3 is 1.74 bits per heavy atom. The van der Waals surface area contributed by atoms with E-state index in [0.29, 0.717) is 88.1 Å². The fourth-order valence-electron chi connectivity index (χ4n) is 3.20. The summed E-state index contributed by atoms with van der Waals surface area (Å²) in [7, 11) is -1.24. The number of fused-ring (bicyclic) bond motifs is 2. The third-order valence-electron chi connectivity index (χ3n) is 5.00. The molecule has 10 heteroatoms. The fourth-order valence-corrected chi connectivity index (χ4v) is 4.40. The fraction of sp³-hybridized carbons (Fsp3) is 0.500. The van der Waals surface area contributed by atoms with Crippen molar-refractivity contribution in [3.63, 3.8) is 0 Å². The van der Waals surface area contributed by atoms with E-state index in [0.717, 1.165) is 0 Å². The molecule has 0 bridgehead atoms. The van der Waals surface area contributed by atoms with Gasteiger partial charge in [-0.1, -0.05) is 12.1 Å². The summed E-state index contributed by atoms with van der Waals surface area (Å²) >= 11 is 0. The van der Waals surface area contributed by atoms with E-state index < -0.39 is 7.52 Å². The SMILES string of the molecule is CCOP(C)(=O)N(C)c1ccc2c(c1)OCCOCCOc1ccccc1OCCOCCO2. The van der Waals surface area contributed by atoms with Crippen LogP contribution in [0, 0.1) is 0 Å². The van der Waals surface area contributed by atoms with Gasteiger partial charge in [-0.2, -0.15) is 0 Å². The molecule has 1 unspecified atom stereocenters. The van der Waals surface area contributed by atoms with E-state index in [4.69, 9.17) is 32.9 Å². The van der Waals surface area contributed by atoms with E-state index in [1.807, 2.05) is 37.3 Å². The predicted molar refractivity (Wildman–Crippen MR) is 130 cm³/mol. The van der Waals surface area contributed by atoms with E-state index in [2.05, 4.69) is 0 Å². The van der Waals surface area contributed by atoms with E-state index >= 15 is 0 Å². The molecule has 0 saturated carbocycles. The number of ether oxygens (including phenoxy) is 6. The first kappa shape index (κ1) is 26.2. The first-order chi connectivity index (χ1) is 16.5. The third-order valence-corrected chi connectivity index (χ3v) is 7.06. The molecular formula is C24H34NO8P. The molecule has 2 aromatic carbocycles. The van der Waals surface area contributed by atoms with Crippen molar-refractivity contribution in [3.05, 3.63) is 42.5 Å². The van der Waals surface area contributed by atoms with Crippen LogP contribution >= 0.6 is 7.52 Å². The van der Waals surface area contributed by atoms with Crippen molar-refractivity contribution in [2.75, 3.05) is 77.8 Å². The second-order valence-electron chi connectivity index (χ2n) is 7.44. The van der Waals surface area contributed by atoms with Crippen molar-refractivity contribution in [3.8, 4) is 23.0 Å². The zero-order chi connectivity index (χ0) is 24.2. The van der Waals surface area contributed by atoms with E-state index in [1.54, 1.807) is 30.5 Å². The Labute approximate surface area is 201 Å². The lowest BCUT2D eigenvalue weighted by Crippen LogP contribution is -2.17. The molecule has 1 heterocycles. The maximum absolute atomic E-state index is 12.8. The molecule has 0 saturated heterocycles. The average Bonchev–Trinajstić information content (AvgIpc) is 2.83. The monoisotopic (exact) mass is 495 g/mol. The highest BCUT2D eigenvalue weighted by atomic mass is 31.2. The summed E-state index contributed by atoms with van der Waals surface area (Å²) in [4.78, 5) is 0. The minimum Gasteiger partial charge on any atom is -0.487 e. The van der Waals surface area contributed by atoms with Crippen LogP contribution in [0.2, 0.25) is 0 Å². The van der Waals surface area contributed by atoms with E-state index in [1.165, 1.54) is 0 Å². The van der Waals surface area contributed by atoms with E-state index in [-0.39, 0.29) is 0 Å². The highest BCUT2D eigenvalue weighted by Crippen LogP contribution is 2.49. The van der Waals surface area contributed by atoms with Crippen molar-refractivity contribution < 1.29 is 37.5 Å². The summed E-state index contributed by atoms with van der Waals surface area (Å²) in [5.74, 6) is 2.43. The van der Waals surface area contributed by atoms with Crippen molar-refractivity contribution in [2.45, 2.75) is 6.92 Å². The summed E-state index contributed by atoms with van der Waals surface area (Å²) in [5, 5.41) is 0. The Kier molecular flexibility index (Phi) is 10.3. The lowest BCUT2D eigenvalue weighted by atomic mass is 10.2.